The van der Waals surface area contributed by atoms with Crippen molar-refractivity contribution in [2.24, 2.45) is 5.92 Å². The van der Waals surface area contributed by atoms with Crippen molar-refractivity contribution >= 4 is 23.3 Å². The first-order valence-corrected chi connectivity index (χ1v) is 7.62. The number of hydrogen-bond acceptors (Lipinski definition) is 3. The van der Waals surface area contributed by atoms with Gasteiger partial charge in [-0.15, -0.1) is 0 Å². The first-order valence-electron chi connectivity index (χ1n) is 7.24. The monoisotopic (exact) mass is 295 g/mol. The van der Waals surface area contributed by atoms with E-state index in [9.17, 15) is 4.79 Å². The molecule has 4 nitrogen and oxygen atoms in total. The molecule has 0 spiro atoms. The van der Waals surface area contributed by atoms with Gasteiger partial charge in [-0.2, -0.15) is 0 Å². The number of hydrogen-bond donors (Lipinski definition) is 2. The fourth-order valence-electron chi connectivity index (χ4n) is 2.66. The van der Waals surface area contributed by atoms with E-state index in [1.54, 1.807) is 19.2 Å². The molecule has 1 amide bonds. The molecule has 2 rings (SSSR count). The van der Waals surface area contributed by atoms with Crippen molar-refractivity contribution in [1.82, 2.24) is 10.3 Å². The Hall–Kier alpha value is -1.29. The van der Waals surface area contributed by atoms with E-state index >= 15 is 0 Å². The molecule has 1 heterocycles. The van der Waals surface area contributed by atoms with Gasteiger partial charge in [0.05, 0.1) is 0 Å². The normalized spacial score (nSPS) is 22.9. The van der Waals surface area contributed by atoms with Gasteiger partial charge in [-0.1, -0.05) is 31.4 Å². The third-order valence-corrected chi connectivity index (χ3v) is 4.10. The number of amides is 1. The first-order chi connectivity index (χ1) is 9.58. The molecule has 1 aliphatic rings. The van der Waals surface area contributed by atoms with E-state index in [4.69, 9.17) is 11.6 Å². The molecule has 1 aromatic rings. The number of carbonyl (C=O) groups is 1. The molecule has 0 saturated heterocycles. The maximum atomic E-state index is 12.3. The van der Waals surface area contributed by atoms with E-state index in [-0.39, 0.29) is 11.9 Å². The lowest BCUT2D eigenvalue weighted by Gasteiger charge is -2.16. The van der Waals surface area contributed by atoms with Crippen LogP contribution in [0.25, 0.3) is 0 Å². The predicted octanol–water partition coefficient (Wildman–Crippen LogP) is 3.48. The number of nitrogens with zero attached hydrogens (tertiary/aromatic N) is 1. The van der Waals surface area contributed by atoms with Crippen molar-refractivity contribution in [3.8, 4) is 0 Å². The van der Waals surface area contributed by atoms with E-state index in [2.05, 4.69) is 22.5 Å². The molecule has 2 unspecified atom stereocenters. The zero-order chi connectivity index (χ0) is 14.5. The summed E-state index contributed by atoms with van der Waals surface area (Å²) in [4.78, 5) is 16.4. The zero-order valence-electron chi connectivity index (χ0n) is 12.1. The predicted molar refractivity (Wildman–Crippen MR) is 82.3 cm³/mol. The van der Waals surface area contributed by atoms with Gasteiger partial charge in [0, 0.05) is 18.7 Å². The van der Waals surface area contributed by atoms with Gasteiger partial charge >= 0.3 is 0 Å². The molecule has 0 bridgehead atoms. The van der Waals surface area contributed by atoms with Crippen LogP contribution in [-0.4, -0.2) is 24.0 Å². The van der Waals surface area contributed by atoms with Gasteiger partial charge in [0.2, 0.25) is 0 Å². The second-order valence-corrected chi connectivity index (χ2v) is 5.98. The fraction of sp³-hybridized carbons (Fsp3) is 0.600. The highest BCUT2D eigenvalue weighted by Gasteiger charge is 2.19. The van der Waals surface area contributed by atoms with Crippen LogP contribution >= 0.6 is 11.6 Å². The van der Waals surface area contributed by atoms with Crippen LogP contribution in [0.3, 0.4) is 0 Å². The van der Waals surface area contributed by atoms with Crippen LogP contribution in [0.5, 0.6) is 0 Å². The number of carbonyl (C=O) groups excluding carboxylic acids is 1. The summed E-state index contributed by atoms with van der Waals surface area (Å²) < 4.78 is 0. The quantitative estimate of drug-likeness (QED) is 0.663. The number of halogens is 1. The number of aromatic nitrogens is 1. The molecular formula is C15H22ClN3O. The Bertz CT molecular complexity index is 478. The number of pyridine rings is 1. The summed E-state index contributed by atoms with van der Waals surface area (Å²) in [5.74, 6) is 1.31. The molecule has 5 heteroatoms. The highest BCUT2D eigenvalue weighted by molar-refractivity contribution is 6.29. The van der Waals surface area contributed by atoms with Crippen molar-refractivity contribution < 1.29 is 4.79 Å². The van der Waals surface area contributed by atoms with Crippen molar-refractivity contribution in [1.29, 1.82) is 0 Å². The lowest BCUT2D eigenvalue weighted by Crippen LogP contribution is -2.34. The minimum Gasteiger partial charge on any atom is -0.373 e. The van der Waals surface area contributed by atoms with Crippen LogP contribution in [0.4, 0.5) is 5.82 Å². The van der Waals surface area contributed by atoms with Gasteiger partial charge in [-0.05, 0) is 37.3 Å². The third-order valence-electron chi connectivity index (χ3n) is 3.91. The minimum atomic E-state index is -0.0645. The lowest BCUT2D eigenvalue weighted by atomic mass is 10.0. The number of nitrogens with one attached hydrogen (secondary N) is 2. The molecular weight excluding hydrogens is 274 g/mol. The van der Waals surface area contributed by atoms with Gasteiger partial charge in [0.25, 0.3) is 5.91 Å². The molecule has 20 heavy (non-hydrogen) atoms. The van der Waals surface area contributed by atoms with E-state index in [1.807, 2.05) is 0 Å². The van der Waals surface area contributed by atoms with Gasteiger partial charge in [-0.25, -0.2) is 4.98 Å². The van der Waals surface area contributed by atoms with E-state index in [1.165, 1.54) is 19.3 Å². The summed E-state index contributed by atoms with van der Waals surface area (Å²) in [5, 5.41) is 6.36. The molecule has 1 aromatic heterocycles. The van der Waals surface area contributed by atoms with Crippen LogP contribution < -0.4 is 10.6 Å². The molecule has 110 valence electrons. The van der Waals surface area contributed by atoms with Crippen LogP contribution in [-0.2, 0) is 0 Å². The van der Waals surface area contributed by atoms with Crippen LogP contribution in [0.1, 0.15) is 49.4 Å². The van der Waals surface area contributed by atoms with Crippen LogP contribution in [0.2, 0.25) is 5.15 Å². The molecule has 1 fully saturated rings. The average Bonchev–Trinajstić information content (AvgIpc) is 2.63. The zero-order valence-corrected chi connectivity index (χ0v) is 12.8. The van der Waals surface area contributed by atoms with E-state index in [0.717, 1.165) is 18.8 Å². The lowest BCUT2D eigenvalue weighted by molar-refractivity contribution is 0.0933. The van der Waals surface area contributed by atoms with Gasteiger partial charge in [0.1, 0.15) is 11.0 Å². The summed E-state index contributed by atoms with van der Waals surface area (Å²) >= 11 is 5.93. The Labute approximate surface area is 125 Å². The maximum Gasteiger partial charge on any atom is 0.251 e. The summed E-state index contributed by atoms with van der Waals surface area (Å²) in [6.45, 7) is 2.28. The Kier molecular flexibility index (Phi) is 5.24. The Balaban J connectivity index is 2.02. The number of anilines is 1. The number of rotatable bonds is 3. The fourth-order valence-corrected chi connectivity index (χ4v) is 2.86. The standard InChI is InChI=1S/C15H22ClN3O/c1-10-4-3-5-12(7-6-10)18-15(20)11-8-13(16)19-14(9-11)17-2/h8-10,12H,3-7H2,1-2H3,(H,17,19)(H,18,20). The van der Waals surface area contributed by atoms with Crippen LogP contribution in [0.15, 0.2) is 12.1 Å². The van der Waals surface area contributed by atoms with Crippen molar-refractivity contribution in [3.63, 3.8) is 0 Å². The summed E-state index contributed by atoms with van der Waals surface area (Å²) in [5.41, 5.74) is 0.562. The molecule has 0 radical (unpaired) electrons. The molecule has 2 N–H and O–H groups in total. The SMILES string of the molecule is CNc1cc(C(=O)NC2CCCC(C)CC2)cc(Cl)n1. The highest BCUT2D eigenvalue weighted by atomic mass is 35.5. The van der Waals surface area contributed by atoms with Crippen molar-refractivity contribution in [2.45, 2.75) is 45.1 Å². The average molecular weight is 296 g/mol. The highest BCUT2D eigenvalue weighted by Crippen LogP contribution is 2.23. The van der Waals surface area contributed by atoms with Gasteiger partial charge in [-0.3, -0.25) is 4.79 Å². The summed E-state index contributed by atoms with van der Waals surface area (Å²) in [6.07, 6.45) is 5.75. The molecule has 0 aromatic carbocycles. The smallest absolute Gasteiger partial charge is 0.251 e. The summed E-state index contributed by atoms with van der Waals surface area (Å²) in [6, 6.07) is 3.61. The van der Waals surface area contributed by atoms with Crippen LogP contribution in [0, 0.1) is 5.92 Å². The van der Waals surface area contributed by atoms with Gasteiger partial charge < -0.3 is 10.6 Å². The molecule has 0 aliphatic heterocycles. The summed E-state index contributed by atoms with van der Waals surface area (Å²) in [7, 11) is 1.76. The largest absolute Gasteiger partial charge is 0.373 e. The van der Waals surface area contributed by atoms with E-state index in [0.29, 0.717) is 16.5 Å². The minimum absolute atomic E-state index is 0.0645. The molecule has 1 aliphatic carbocycles. The first kappa shape index (κ1) is 15.1. The molecule has 2 atom stereocenters. The Morgan fingerprint density at radius 3 is 2.85 bits per heavy atom. The van der Waals surface area contributed by atoms with Crippen molar-refractivity contribution in [3.05, 3.63) is 22.8 Å². The molecule has 1 saturated carbocycles. The Morgan fingerprint density at radius 1 is 1.30 bits per heavy atom. The van der Waals surface area contributed by atoms with Crippen molar-refractivity contribution in [2.75, 3.05) is 12.4 Å². The second kappa shape index (κ2) is 6.93. The van der Waals surface area contributed by atoms with E-state index < -0.39 is 0 Å². The maximum absolute atomic E-state index is 12.3. The van der Waals surface area contributed by atoms with Gasteiger partial charge in [0.15, 0.2) is 0 Å². The third kappa shape index (κ3) is 4.10. The Morgan fingerprint density at radius 2 is 2.10 bits per heavy atom. The topological polar surface area (TPSA) is 54.0 Å². The second-order valence-electron chi connectivity index (χ2n) is 5.60.